The summed E-state index contributed by atoms with van der Waals surface area (Å²) in [6.07, 6.45) is 4.86. The van der Waals surface area contributed by atoms with E-state index >= 15 is 0 Å². The second-order valence-electron chi connectivity index (χ2n) is 6.29. The second kappa shape index (κ2) is 6.45. The smallest absolute Gasteiger partial charge is 0.180 e. The second-order valence-corrected chi connectivity index (χ2v) is 6.70. The number of fused-ring (bicyclic) bond motifs is 1. The van der Waals surface area contributed by atoms with Crippen LogP contribution in [0.2, 0.25) is 5.02 Å². The molecule has 3 nitrogen and oxygen atoms in total. The number of halogens is 1. The molecule has 116 valence electrons. The van der Waals surface area contributed by atoms with Crippen LogP contribution in [0.1, 0.15) is 50.2 Å². The standard InChI is InChI=1S/C17H24ClNO2/c1-11(2)15-12(9-13-5-3-4-6-19-13)10-14(18)16-17(15)21-8-7-20-16/h10-11,13,19H,3-9H2,1-2H3. The third-order valence-electron chi connectivity index (χ3n) is 4.35. The van der Waals surface area contributed by atoms with Crippen molar-refractivity contribution >= 4 is 11.6 Å². The van der Waals surface area contributed by atoms with E-state index in [-0.39, 0.29) is 0 Å². The molecule has 1 aromatic rings. The lowest BCUT2D eigenvalue weighted by molar-refractivity contribution is 0.169. The van der Waals surface area contributed by atoms with Crippen molar-refractivity contribution < 1.29 is 9.47 Å². The molecule has 2 aliphatic rings. The quantitative estimate of drug-likeness (QED) is 0.918. The van der Waals surface area contributed by atoms with Crippen molar-refractivity contribution in [3.8, 4) is 11.5 Å². The van der Waals surface area contributed by atoms with Crippen molar-refractivity contribution in [1.29, 1.82) is 0 Å². The van der Waals surface area contributed by atoms with E-state index in [1.54, 1.807) is 0 Å². The van der Waals surface area contributed by atoms with Gasteiger partial charge >= 0.3 is 0 Å². The Balaban J connectivity index is 1.96. The molecule has 0 amide bonds. The van der Waals surface area contributed by atoms with Gasteiger partial charge in [0.2, 0.25) is 0 Å². The summed E-state index contributed by atoms with van der Waals surface area (Å²) in [7, 11) is 0. The molecule has 2 heterocycles. The first kappa shape index (κ1) is 15.0. The van der Waals surface area contributed by atoms with Crippen LogP contribution in [0.25, 0.3) is 0 Å². The van der Waals surface area contributed by atoms with Gasteiger partial charge in [-0.2, -0.15) is 0 Å². The minimum absolute atomic E-state index is 0.399. The Morgan fingerprint density at radius 3 is 2.67 bits per heavy atom. The summed E-state index contributed by atoms with van der Waals surface area (Å²) in [5.41, 5.74) is 2.57. The molecule has 0 aliphatic carbocycles. The average molecular weight is 310 g/mol. The highest BCUT2D eigenvalue weighted by Gasteiger charge is 2.26. The molecular weight excluding hydrogens is 286 g/mol. The number of benzene rings is 1. The SMILES string of the molecule is CC(C)c1c(CC2CCCCN2)cc(Cl)c2c1OCCO2. The number of piperidine rings is 1. The molecule has 4 heteroatoms. The molecule has 0 bridgehead atoms. The third kappa shape index (κ3) is 3.14. The lowest BCUT2D eigenvalue weighted by Gasteiger charge is -2.29. The summed E-state index contributed by atoms with van der Waals surface area (Å²) in [6.45, 7) is 6.72. The molecule has 1 aromatic carbocycles. The first-order valence-electron chi connectivity index (χ1n) is 8.01. The fourth-order valence-electron chi connectivity index (χ4n) is 3.40. The van der Waals surface area contributed by atoms with Gasteiger partial charge in [-0.1, -0.05) is 31.9 Å². The summed E-state index contributed by atoms with van der Waals surface area (Å²) >= 11 is 6.42. The fraction of sp³-hybridized carbons (Fsp3) is 0.647. The van der Waals surface area contributed by atoms with E-state index in [1.165, 1.54) is 30.4 Å². The van der Waals surface area contributed by atoms with Crippen molar-refractivity contribution in [2.24, 2.45) is 0 Å². The Morgan fingerprint density at radius 2 is 2.00 bits per heavy atom. The lowest BCUT2D eigenvalue weighted by atomic mass is 9.89. The third-order valence-corrected chi connectivity index (χ3v) is 4.63. The van der Waals surface area contributed by atoms with Gasteiger partial charge in [0.05, 0.1) is 5.02 Å². The van der Waals surface area contributed by atoms with Gasteiger partial charge in [0, 0.05) is 11.6 Å². The van der Waals surface area contributed by atoms with Gasteiger partial charge in [0.1, 0.15) is 13.2 Å². The van der Waals surface area contributed by atoms with Crippen LogP contribution < -0.4 is 14.8 Å². The van der Waals surface area contributed by atoms with Gasteiger partial charge in [-0.3, -0.25) is 0 Å². The van der Waals surface area contributed by atoms with Crippen LogP contribution in [0, 0.1) is 0 Å². The highest BCUT2D eigenvalue weighted by Crippen LogP contribution is 2.45. The van der Waals surface area contributed by atoms with E-state index in [0.29, 0.717) is 30.2 Å². The summed E-state index contributed by atoms with van der Waals surface area (Å²) in [5, 5.41) is 4.30. The van der Waals surface area contributed by atoms with Crippen LogP contribution in [0.15, 0.2) is 6.07 Å². The van der Waals surface area contributed by atoms with E-state index in [1.807, 2.05) is 0 Å². The zero-order valence-corrected chi connectivity index (χ0v) is 13.6. The molecule has 0 saturated carbocycles. The highest BCUT2D eigenvalue weighted by atomic mass is 35.5. The van der Waals surface area contributed by atoms with E-state index < -0.39 is 0 Å². The minimum atomic E-state index is 0.399. The Hall–Kier alpha value is -0.930. The van der Waals surface area contributed by atoms with Crippen LogP contribution in [0.5, 0.6) is 11.5 Å². The van der Waals surface area contributed by atoms with Crippen LogP contribution >= 0.6 is 11.6 Å². The average Bonchev–Trinajstić information content (AvgIpc) is 2.48. The molecule has 21 heavy (non-hydrogen) atoms. The molecule has 1 saturated heterocycles. The molecule has 1 N–H and O–H groups in total. The maximum absolute atomic E-state index is 6.42. The molecule has 0 radical (unpaired) electrons. The Morgan fingerprint density at radius 1 is 1.24 bits per heavy atom. The van der Waals surface area contributed by atoms with Crippen molar-refractivity contribution in [1.82, 2.24) is 5.32 Å². The Bertz CT molecular complexity index is 510. The molecule has 0 aromatic heterocycles. The first-order chi connectivity index (χ1) is 10.2. The number of hydrogen-bond acceptors (Lipinski definition) is 3. The summed E-state index contributed by atoms with van der Waals surface area (Å²) in [6, 6.07) is 2.63. The van der Waals surface area contributed by atoms with Gasteiger partial charge in [0.15, 0.2) is 11.5 Å². The maximum Gasteiger partial charge on any atom is 0.180 e. The summed E-state index contributed by atoms with van der Waals surface area (Å²) < 4.78 is 11.6. The van der Waals surface area contributed by atoms with E-state index in [9.17, 15) is 0 Å². The van der Waals surface area contributed by atoms with E-state index in [2.05, 4.69) is 25.2 Å². The Kier molecular flexibility index (Phi) is 4.60. The first-order valence-corrected chi connectivity index (χ1v) is 8.39. The van der Waals surface area contributed by atoms with E-state index in [4.69, 9.17) is 21.1 Å². The maximum atomic E-state index is 6.42. The zero-order chi connectivity index (χ0) is 14.8. The van der Waals surface area contributed by atoms with Gasteiger partial charge < -0.3 is 14.8 Å². The van der Waals surface area contributed by atoms with Crippen LogP contribution in [-0.2, 0) is 6.42 Å². The fourth-order valence-corrected chi connectivity index (χ4v) is 3.68. The van der Waals surface area contributed by atoms with Crippen LogP contribution in [0.3, 0.4) is 0 Å². The van der Waals surface area contributed by atoms with Crippen molar-refractivity contribution in [2.75, 3.05) is 19.8 Å². The number of nitrogens with one attached hydrogen (secondary N) is 1. The summed E-state index contributed by atoms with van der Waals surface area (Å²) in [5.74, 6) is 2.00. The lowest BCUT2D eigenvalue weighted by Crippen LogP contribution is -2.36. The number of hydrogen-bond donors (Lipinski definition) is 1. The molecule has 0 spiro atoms. The van der Waals surface area contributed by atoms with Gasteiger partial charge in [0.25, 0.3) is 0 Å². The minimum Gasteiger partial charge on any atom is -0.486 e. The molecule has 1 unspecified atom stereocenters. The molecule has 1 atom stereocenters. The van der Waals surface area contributed by atoms with Crippen LogP contribution in [-0.4, -0.2) is 25.8 Å². The van der Waals surface area contributed by atoms with Gasteiger partial charge in [-0.05, 0) is 43.4 Å². The largest absolute Gasteiger partial charge is 0.486 e. The number of rotatable bonds is 3. The summed E-state index contributed by atoms with van der Waals surface area (Å²) in [4.78, 5) is 0. The van der Waals surface area contributed by atoms with Gasteiger partial charge in [-0.15, -0.1) is 0 Å². The molecule has 1 fully saturated rings. The van der Waals surface area contributed by atoms with Crippen molar-refractivity contribution in [3.63, 3.8) is 0 Å². The predicted molar refractivity (Wildman–Crippen MR) is 85.9 cm³/mol. The Labute approximate surface area is 132 Å². The van der Waals surface area contributed by atoms with Crippen molar-refractivity contribution in [2.45, 2.75) is 51.5 Å². The molecular formula is C17H24ClNO2. The highest BCUT2D eigenvalue weighted by molar-refractivity contribution is 6.32. The van der Waals surface area contributed by atoms with Crippen LogP contribution in [0.4, 0.5) is 0 Å². The topological polar surface area (TPSA) is 30.5 Å². The van der Waals surface area contributed by atoms with E-state index in [0.717, 1.165) is 24.5 Å². The normalized spacial score (nSPS) is 21.6. The van der Waals surface area contributed by atoms with Gasteiger partial charge in [-0.25, -0.2) is 0 Å². The monoisotopic (exact) mass is 309 g/mol. The number of ether oxygens (including phenoxy) is 2. The van der Waals surface area contributed by atoms with Crippen molar-refractivity contribution in [3.05, 3.63) is 22.2 Å². The molecule has 3 rings (SSSR count). The molecule has 2 aliphatic heterocycles. The zero-order valence-electron chi connectivity index (χ0n) is 12.9. The predicted octanol–water partition coefficient (Wildman–Crippen LogP) is 3.92.